The summed E-state index contributed by atoms with van der Waals surface area (Å²) >= 11 is 0. The first-order valence-corrected chi connectivity index (χ1v) is 15.9. The number of hydrogen-bond acceptors (Lipinski definition) is 8. The van der Waals surface area contributed by atoms with Gasteiger partial charge in [-0.05, 0) is 87.5 Å². The van der Waals surface area contributed by atoms with Gasteiger partial charge in [0, 0.05) is 35.9 Å². The Bertz CT molecular complexity index is 1870. The first-order valence-electron chi connectivity index (χ1n) is 15.9. The summed E-state index contributed by atoms with van der Waals surface area (Å²) in [5.74, 6) is 1.17. The number of amides is 1. The number of pyridine rings is 1. The molecule has 0 unspecified atom stereocenters. The maximum Gasteiger partial charge on any atom is 0.277 e. The van der Waals surface area contributed by atoms with Crippen LogP contribution in [0.1, 0.15) is 47.8 Å². The number of hydrogen-bond donors (Lipinski definition) is 1. The number of nitrogens with zero attached hydrogens (tertiary/aromatic N) is 5. The monoisotopic (exact) mass is 638 g/mol. The summed E-state index contributed by atoms with van der Waals surface area (Å²) in [5.41, 5.74) is 3.84. The predicted octanol–water partition coefficient (Wildman–Crippen LogP) is 7.13. The van der Waals surface area contributed by atoms with E-state index in [-0.39, 0.29) is 17.1 Å². The molecule has 1 saturated heterocycles. The highest BCUT2D eigenvalue weighted by atomic mass is 19.1. The molecule has 244 valence electrons. The van der Waals surface area contributed by atoms with Crippen LogP contribution in [0.3, 0.4) is 0 Å². The maximum absolute atomic E-state index is 15.3. The zero-order chi connectivity index (χ0) is 32.9. The molecule has 5 aromatic rings. The van der Waals surface area contributed by atoms with Gasteiger partial charge in [0.2, 0.25) is 0 Å². The lowest BCUT2D eigenvalue weighted by Gasteiger charge is -2.30. The molecule has 0 atom stereocenters. The summed E-state index contributed by atoms with van der Waals surface area (Å²) in [6, 6.07) is 15.4. The average Bonchev–Trinajstić information content (AvgIpc) is 3.55. The largest absolute Gasteiger partial charge is 0.493 e. The second-order valence-electron chi connectivity index (χ2n) is 12.0. The van der Waals surface area contributed by atoms with Crippen molar-refractivity contribution in [2.45, 2.75) is 40.0 Å². The summed E-state index contributed by atoms with van der Waals surface area (Å²) in [7, 11) is 1.58. The van der Waals surface area contributed by atoms with Crippen molar-refractivity contribution in [3.63, 3.8) is 0 Å². The number of aryl methyl sites for hydroxylation is 2. The molecule has 1 amide bonds. The molecule has 0 aliphatic carbocycles. The van der Waals surface area contributed by atoms with Gasteiger partial charge in [0.1, 0.15) is 5.75 Å². The summed E-state index contributed by atoms with van der Waals surface area (Å²) < 4.78 is 34.6. The number of aromatic nitrogens is 4. The summed E-state index contributed by atoms with van der Waals surface area (Å²) in [4.78, 5) is 19.9. The molecule has 0 spiro atoms. The van der Waals surface area contributed by atoms with E-state index in [0.29, 0.717) is 34.8 Å². The summed E-state index contributed by atoms with van der Waals surface area (Å²) in [6.45, 7) is 10.1. The molecule has 0 radical (unpaired) electrons. The zero-order valence-corrected chi connectivity index (χ0v) is 27.1. The molecule has 0 bridgehead atoms. The van der Waals surface area contributed by atoms with Gasteiger partial charge in [0.15, 0.2) is 28.8 Å². The number of ether oxygens (including phenoxy) is 3. The van der Waals surface area contributed by atoms with Gasteiger partial charge in [0.05, 0.1) is 31.1 Å². The Hall–Kier alpha value is -5.03. The summed E-state index contributed by atoms with van der Waals surface area (Å²) in [5, 5.41) is 11.5. The standard InChI is InChI=1S/C36H39FN6O4/c1-23-12-16-42(17-13-23)15-6-18-46-34-21-29-27(20-33(34)45-4)31(11-14-38-29)47-32-10-9-26(19-28(32)37)39-36(44)30-22-43(41-40-30)35-24(2)7-5-8-25(35)3/h5,7-11,14,19-23H,6,12-13,15-18H2,1-4H3,(H,39,44). The Morgan fingerprint density at radius 2 is 1.79 bits per heavy atom. The van der Waals surface area contributed by atoms with Crippen LogP contribution in [0, 0.1) is 25.6 Å². The third-order valence-electron chi connectivity index (χ3n) is 8.54. The van der Waals surface area contributed by atoms with Gasteiger partial charge in [-0.25, -0.2) is 9.07 Å². The van der Waals surface area contributed by atoms with E-state index in [0.717, 1.165) is 48.8 Å². The number of likely N-dealkylation sites (tertiary alicyclic amines) is 1. The number of methoxy groups -OCH3 is 1. The number of carbonyl (C=O) groups is 1. The lowest BCUT2D eigenvalue weighted by Crippen LogP contribution is -2.34. The van der Waals surface area contributed by atoms with Crippen LogP contribution < -0.4 is 19.5 Å². The number of rotatable bonds is 11. The summed E-state index contributed by atoms with van der Waals surface area (Å²) in [6.07, 6.45) is 6.56. The first kappa shape index (κ1) is 31.9. The molecule has 1 fully saturated rings. The van der Waals surface area contributed by atoms with E-state index in [1.807, 2.05) is 38.1 Å². The molecule has 3 heterocycles. The lowest BCUT2D eigenvalue weighted by molar-refractivity contribution is 0.102. The molecule has 10 nitrogen and oxygen atoms in total. The predicted molar refractivity (Wildman–Crippen MR) is 179 cm³/mol. The molecule has 6 rings (SSSR count). The number of anilines is 1. The second kappa shape index (κ2) is 14.2. The molecule has 1 aliphatic heterocycles. The number of piperidine rings is 1. The minimum absolute atomic E-state index is 0.0112. The number of para-hydroxylation sites is 1. The topological polar surface area (TPSA) is 104 Å². The number of benzene rings is 3. The van der Waals surface area contributed by atoms with Crippen molar-refractivity contribution in [3.8, 4) is 28.7 Å². The van der Waals surface area contributed by atoms with Crippen LogP contribution in [0.5, 0.6) is 23.0 Å². The fraction of sp³-hybridized carbons (Fsp3) is 0.333. The molecule has 1 aliphatic rings. The highest BCUT2D eigenvalue weighted by Crippen LogP contribution is 2.38. The number of nitrogens with one attached hydrogen (secondary N) is 1. The molecule has 3 aromatic carbocycles. The minimum Gasteiger partial charge on any atom is -0.493 e. The fourth-order valence-corrected chi connectivity index (χ4v) is 5.86. The molecular weight excluding hydrogens is 599 g/mol. The van der Waals surface area contributed by atoms with Gasteiger partial charge in [-0.2, -0.15) is 0 Å². The smallest absolute Gasteiger partial charge is 0.277 e. The van der Waals surface area contributed by atoms with Gasteiger partial charge in [-0.1, -0.05) is 30.3 Å². The van der Waals surface area contributed by atoms with Crippen molar-refractivity contribution in [3.05, 3.63) is 89.6 Å². The van der Waals surface area contributed by atoms with E-state index < -0.39 is 11.7 Å². The van der Waals surface area contributed by atoms with Gasteiger partial charge < -0.3 is 24.4 Å². The van der Waals surface area contributed by atoms with Crippen molar-refractivity contribution >= 4 is 22.5 Å². The molecular formula is C36H39FN6O4. The third kappa shape index (κ3) is 7.36. The number of fused-ring (bicyclic) bond motifs is 1. The van der Waals surface area contributed by atoms with Gasteiger partial charge in [0.25, 0.3) is 5.91 Å². The van der Waals surface area contributed by atoms with Crippen LogP contribution in [-0.4, -0.2) is 64.1 Å². The zero-order valence-electron chi connectivity index (χ0n) is 27.1. The van der Waals surface area contributed by atoms with Crippen LogP contribution in [0.15, 0.2) is 67.0 Å². The molecule has 47 heavy (non-hydrogen) atoms. The second-order valence-corrected chi connectivity index (χ2v) is 12.0. The van der Waals surface area contributed by atoms with Crippen LogP contribution >= 0.6 is 0 Å². The Balaban J connectivity index is 1.11. The van der Waals surface area contributed by atoms with E-state index in [1.165, 1.54) is 25.0 Å². The molecule has 0 saturated carbocycles. The van der Waals surface area contributed by atoms with Crippen molar-refractivity contribution in [1.82, 2.24) is 24.9 Å². The molecule has 2 aromatic heterocycles. The van der Waals surface area contributed by atoms with Gasteiger partial charge in [-0.3, -0.25) is 9.78 Å². The van der Waals surface area contributed by atoms with Gasteiger partial charge in [-0.15, -0.1) is 5.10 Å². The van der Waals surface area contributed by atoms with Crippen LogP contribution in [-0.2, 0) is 0 Å². The highest BCUT2D eigenvalue weighted by Gasteiger charge is 2.18. The van der Waals surface area contributed by atoms with Crippen molar-refractivity contribution in [2.75, 3.05) is 38.7 Å². The van der Waals surface area contributed by atoms with Crippen LogP contribution in [0.4, 0.5) is 10.1 Å². The minimum atomic E-state index is -0.651. The van der Waals surface area contributed by atoms with E-state index in [2.05, 4.69) is 32.4 Å². The average molecular weight is 639 g/mol. The quantitative estimate of drug-likeness (QED) is 0.153. The number of halogens is 1. The van der Waals surface area contributed by atoms with Gasteiger partial charge >= 0.3 is 0 Å². The lowest BCUT2D eigenvalue weighted by atomic mass is 9.99. The van der Waals surface area contributed by atoms with Crippen molar-refractivity contribution in [2.24, 2.45) is 5.92 Å². The van der Waals surface area contributed by atoms with E-state index in [1.54, 1.807) is 42.4 Å². The van der Waals surface area contributed by atoms with E-state index >= 15 is 4.39 Å². The van der Waals surface area contributed by atoms with E-state index in [4.69, 9.17) is 14.2 Å². The SMILES string of the molecule is COc1cc2c(Oc3ccc(NC(=O)c4cn(-c5c(C)cccc5C)nn4)cc3F)ccnc2cc1OCCCN1CCC(C)CC1. The van der Waals surface area contributed by atoms with Crippen molar-refractivity contribution < 1.29 is 23.4 Å². The molecule has 1 N–H and O–H groups in total. The first-order chi connectivity index (χ1) is 22.8. The molecule has 11 heteroatoms. The Morgan fingerprint density at radius 1 is 1.00 bits per heavy atom. The van der Waals surface area contributed by atoms with Crippen LogP contribution in [0.2, 0.25) is 0 Å². The Kier molecular flexibility index (Phi) is 9.63. The Labute approximate surface area is 273 Å². The number of carbonyl (C=O) groups excluding carboxylic acids is 1. The normalized spacial score (nSPS) is 13.9. The third-order valence-corrected chi connectivity index (χ3v) is 8.54. The van der Waals surface area contributed by atoms with E-state index in [9.17, 15) is 4.79 Å². The fourth-order valence-electron chi connectivity index (χ4n) is 5.86. The Morgan fingerprint density at radius 3 is 2.53 bits per heavy atom. The van der Waals surface area contributed by atoms with Crippen molar-refractivity contribution in [1.29, 1.82) is 0 Å². The maximum atomic E-state index is 15.3. The highest BCUT2D eigenvalue weighted by molar-refractivity contribution is 6.02. The van der Waals surface area contributed by atoms with Crippen LogP contribution in [0.25, 0.3) is 16.6 Å².